The molecule has 1 aliphatic rings. The molecule has 0 saturated heterocycles. The molecule has 2 N–H and O–H groups in total. The SMILES string of the molecule is CC(OC(=O)CCCC1CCCCC1)C(=O)NCC(=O)Nc1ccc(F)c(F)c1F. The summed E-state index contributed by atoms with van der Waals surface area (Å²) in [6, 6.07) is 1.54. The number of carbonyl (C=O) groups is 3. The summed E-state index contributed by atoms with van der Waals surface area (Å²) < 4.78 is 44.7. The summed E-state index contributed by atoms with van der Waals surface area (Å²) in [7, 11) is 0. The van der Waals surface area contributed by atoms with E-state index in [1.807, 2.05) is 5.32 Å². The predicted octanol–water partition coefficient (Wildman–Crippen LogP) is 3.84. The molecule has 1 aromatic rings. The van der Waals surface area contributed by atoms with E-state index in [2.05, 4.69) is 5.32 Å². The van der Waals surface area contributed by atoms with Crippen LogP contribution in [-0.2, 0) is 19.1 Å². The number of benzene rings is 1. The first-order valence-corrected chi connectivity index (χ1v) is 10.2. The van der Waals surface area contributed by atoms with E-state index in [-0.39, 0.29) is 6.42 Å². The van der Waals surface area contributed by atoms with Gasteiger partial charge in [0, 0.05) is 6.42 Å². The molecule has 1 aliphatic carbocycles. The van der Waals surface area contributed by atoms with Gasteiger partial charge in [-0.05, 0) is 37.8 Å². The standard InChI is InChI=1S/C21H27F3N2O4/c1-13(30-18(28)9-5-8-14-6-3-2-4-7-14)21(29)25-12-17(27)26-16-11-10-15(22)19(23)20(16)24/h10-11,13-14H,2-9,12H2,1H3,(H,25,29)(H,26,27). The Morgan fingerprint density at radius 2 is 1.80 bits per heavy atom. The van der Waals surface area contributed by atoms with Gasteiger partial charge in [-0.2, -0.15) is 0 Å². The third-order valence-electron chi connectivity index (χ3n) is 5.13. The lowest BCUT2D eigenvalue weighted by Crippen LogP contribution is -2.40. The van der Waals surface area contributed by atoms with Gasteiger partial charge < -0.3 is 15.4 Å². The molecule has 9 heteroatoms. The quantitative estimate of drug-likeness (QED) is 0.462. The van der Waals surface area contributed by atoms with Crippen molar-refractivity contribution in [1.82, 2.24) is 5.32 Å². The van der Waals surface area contributed by atoms with Crippen LogP contribution in [0.1, 0.15) is 58.3 Å². The molecule has 0 bridgehead atoms. The summed E-state index contributed by atoms with van der Waals surface area (Å²) in [6.45, 7) is 0.822. The zero-order valence-corrected chi connectivity index (χ0v) is 16.9. The lowest BCUT2D eigenvalue weighted by atomic mass is 9.86. The maximum Gasteiger partial charge on any atom is 0.306 e. The van der Waals surface area contributed by atoms with Gasteiger partial charge in [0.15, 0.2) is 23.6 Å². The molecule has 0 aliphatic heterocycles. The largest absolute Gasteiger partial charge is 0.453 e. The Bertz CT molecular complexity index is 767. The first-order valence-electron chi connectivity index (χ1n) is 10.2. The van der Waals surface area contributed by atoms with Crippen LogP contribution in [0.15, 0.2) is 12.1 Å². The molecule has 2 amide bonds. The fourth-order valence-electron chi connectivity index (χ4n) is 3.45. The van der Waals surface area contributed by atoms with Crippen LogP contribution in [0, 0.1) is 23.4 Å². The number of hydrogen-bond acceptors (Lipinski definition) is 4. The van der Waals surface area contributed by atoms with Gasteiger partial charge in [0.25, 0.3) is 5.91 Å². The van der Waals surface area contributed by atoms with E-state index in [1.165, 1.54) is 39.0 Å². The van der Waals surface area contributed by atoms with Crippen LogP contribution in [0.3, 0.4) is 0 Å². The zero-order chi connectivity index (χ0) is 22.1. The van der Waals surface area contributed by atoms with Crippen LogP contribution < -0.4 is 10.6 Å². The van der Waals surface area contributed by atoms with E-state index in [1.54, 1.807) is 0 Å². The topological polar surface area (TPSA) is 84.5 Å². The second kappa shape index (κ2) is 11.6. The number of halogens is 3. The number of nitrogens with one attached hydrogen (secondary N) is 2. The van der Waals surface area contributed by atoms with Crippen molar-refractivity contribution in [2.24, 2.45) is 5.92 Å². The Labute approximate surface area is 173 Å². The fraction of sp³-hybridized carbons (Fsp3) is 0.571. The minimum atomic E-state index is -1.71. The molecular formula is C21H27F3N2O4. The lowest BCUT2D eigenvalue weighted by molar-refractivity contribution is -0.155. The van der Waals surface area contributed by atoms with Crippen LogP contribution in [0.4, 0.5) is 18.9 Å². The number of esters is 1. The summed E-state index contributed by atoms with van der Waals surface area (Å²) in [5.74, 6) is -6.00. The van der Waals surface area contributed by atoms with Gasteiger partial charge in [-0.25, -0.2) is 13.2 Å². The second-order valence-corrected chi connectivity index (χ2v) is 7.52. The molecule has 0 aromatic heterocycles. The maximum absolute atomic E-state index is 13.5. The molecule has 0 spiro atoms. The summed E-state index contributed by atoms with van der Waals surface area (Å²) in [5.41, 5.74) is -0.550. The third kappa shape index (κ3) is 7.35. The van der Waals surface area contributed by atoms with E-state index in [9.17, 15) is 27.6 Å². The van der Waals surface area contributed by atoms with Crippen molar-refractivity contribution in [3.63, 3.8) is 0 Å². The molecule has 1 unspecified atom stereocenters. The van der Waals surface area contributed by atoms with Crippen molar-refractivity contribution in [1.29, 1.82) is 0 Å². The summed E-state index contributed by atoms with van der Waals surface area (Å²) in [5, 5.41) is 4.27. The van der Waals surface area contributed by atoms with E-state index in [0.29, 0.717) is 18.4 Å². The highest BCUT2D eigenvalue weighted by Gasteiger charge is 2.20. The van der Waals surface area contributed by atoms with Gasteiger partial charge in [-0.3, -0.25) is 14.4 Å². The van der Waals surface area contributed by atoms with Gasteiger partial charge in [-0.15, -0.1) is 0 Å². The van der Waals surface area contributed by atoms with Crippen molar-refractivity contribution < 1.29 is 32.3 Å². The molecule has 1 aromatic carbocycles. The molecule has 0 heterocycles. The van der Waals surface area contributed by atoms with Crippen molar-refractivity contribution in [3.05, 3.63) is 29.6 Å². The monoisotopic (exact) mass is 428 g/mol. The van der Waals surface area contributed by atoms with Crippen LogP contribution in [0.25, 0.3) is 0 Å². The first-order chi connectivity index (χ1) is 14.3. The molecule has 1 fully saturated rings. The van der Waals surface area contributed by atoms with Gasteiger partial charge in [0.05, 0.1) is 12.2 Å². The smallest absolute Gasteiger partial charge is 0.306 e. The van der Waals surface area contributed by atoms with E-state index in [4.69, 9.17) is 4.74 Å². The molecule has 2 rings (SSSR count). The summed E-state index contributed by atoms with van der Waals surface area (Å²) >= 11 is 0. The van der Waals surface area contributed by atoms with Gasteiger partial charge in [0.1, 0.15) is 0 Å². The zero-order valence-electron chi connectivity index (χ0n) is 16.9. The number of amides is 2. The minimum absolute atomic E-state index is 0.226. The van der Waals surface area contributed by atoms with Crippen molar-refractivity contribution in [3.8, 4) is 0 Å². The Morgan fingerprint density at radius 1 is 1.10 bits per heavy atom. The number of ether oxygens (including phenoxy) is 1. The Kier molecular flexibility index (Phi) is 9.14. The molecule has 30 heavy (non-hydrogen) atoms. The fourth-order valence-corrected chi connectivity index (χ4v) is 3.45. The second-order valence-electron chi connectivity index (χ2n) is 7.52. The van der Waals surface area contributed by atoms with Crippen molar-refractivity contribution >= 4 is 23.5 Å². The Balaban J connectivity index is 1.67. The maximum atomic E-state index is 13.5. The number of rotatable bonds is 9. The average Bonchev–Trinajstić information content (AvgIpc) is 2.73. The van der Waals surface area contributed by atoms with Crippen LogP contribution >= 0.6 is 0 Å². The molecule has 166 valence electrons. The molecule has 1 saturated carbocycles. The van der Waals surface area contributed by atoms with Gasteiger partial charge >= 0.3 is 5.97 Å². The van der Waals surface area contributed by atoms with Gasteiger partial charge in [0.2, 0.25) is 5.91 Å². The van der Waals surface area contributed by atoms with Crippen LogP contribution in [-0.4, -0.2) is 30.4 Å². The Morgan fingerprint density at radius 3 is 2.50 bits per heavy atom. The lowest BCUT2D eigenvalue weighted by Gasteiger charge is -2.21. The normalized spacial score (nSPS) is 15.3. The highest BCUT2D eigenvalue weighted by atomic mass is 19.2. The molecular weight excluding hydrogens is 401 g/mol. The van der Waals surface area contributed by atoms with E-state index < -0.39 is 53.6 Å². The Hall–Kier alpha value is -2.58. The summed E-state index contributed by atoms with van der Waals surface area (Å²) in [6.07, 6.45) is 6.96. The number of anilines is 1. The first kappa shape index (κ1) is 23.7. The summed E-state index contributed by atoms with van der Waals surface area (Å²) in [4.78, 5) is 35.6. The number of hydrogen-bond donors (Lipinski definition) is 2. The molecule has 0 radical (unpaired) electrons. The van der Waals surface area contributed by atoms with Crippen LogP contribution in [0.2, 0.25) is 0 Å². The molecule has 6 nitrogen and oxygen atoms in total. The van der Waals surface area contributed by atoms with Crippen molar-refractivity contribution in [2.45, 2.75) is 64.4 Å². The molecule has 1 atom stereocenters. The van der Waals surface area contributed by atoms with E-state index >= 15 is 0 Å². The average molecular weight is 428 g/mol. The van der Waals surface area contributed by atoms with Crippen LogP contribution in [0.5, 0.6) is 0 Å². The highest BCUT2D eigenvalue weighted by molar-refractivity contribution is 5.95. The van der Waals surface area contributed by atoms with Gasteiger partial charge in [-0.1, -0.05) is 32.1 Å². The minimum Gasteiger partial charge on any atom is -0.453 e. The number of carbonyl (C=O) groups excluding carboxylic acids is 3. The van der Waals surface area contributed by atoms with Crippen molar-refractivity contribution in [2.75, 3.05) is 11.9 Å². The van der Waals surface area contributed by atoms with E-state index in [0.717, 1.165) is 12.5 Å². The third-order valence-corrected chi connectivity index (χ3v) is 5.13. The highest BCUT2D eigenvalue weighted by Crippen LogP contribution is 2.27. The predicted molar refractivity (Wildman–Crippen MR) is 104 cm³/mol.